The Morgan fingerprint density at radius 1 is 1.17 bits per heavy atom. The van der Waals surface area contributed by atoms with Crippen molar-refractivity contribution in [3.8, 4) is 0 Å². The summed E-state index contributed by atoms with van der Waals surface area (Å²) < 4.78 is 23.2. The predicted octanol–water partition coefficient (Wildman–Crippen LogP) is -0.855. The van der Waals surface area contributed by atoms with Gasteiger partial charge in [0.25, 0.3) is 0 Å². The molecule has 9 nitrogen and oxygen atoms in total. The fourth-order valence-electron chi connectivity index (χ4n) is 6.98. The maximum atomic E-state index is 12.9. The van der Waals surface area contributed by atoms with E-state index in [4.69, 9.17) is 18.9 Å². The van der Waals surface area contributed by atoms with Crippen LogP contribution in [0.25, 0.3) is 0 Å². The first-order chi connectivity index (χ1) is 13.4. The minimum absolute atomic E-state index is 0.182. The molecule has 11 unspecified atom stereocenters. The van der Waals surface area contributed by atoms with Gasteiger partial charge in [0.1, 0.15) is 17.8 Å². The van der Waals surface area contributed by atoms with Crippen molar-refractivity contribution in [1.29, 1.82) is 0 Å². The molecule has 3 heterocycles. The quantitative estimate of drug-likeness (QED) is 0.400. The monoisotopic (exact) mass is 412 g/mol. The number of carbonyl (C=O) groups excluding carboxylic acids is 2. The van der Waals surface area contributed by atoms with Crippen LogP contribution in [0.4, 0.5) is 0 Å². The van der Waals surface area contributed by atoms with Crippen molar-refractivity contribution in [2.75, 3.05) is 7.11 Å². The first-order valence-electron chi connectivity index (χ1n) is 10.2. The highest BCUT2D eigenvalue weighted by Crippen LogP contribution is 2.74. The van der Waals surface area contributed by atoms with Crippen molar-refractivity contribution in [1.82, 2.24) is 0 Å². The molecule has 2 bridgehead atoms. The fraction of sp³-hybridized carbons (Fsp3) is 0.900. The van der Waals surface area contributed by atoms with Crippen LogP contribution in [0.15, 0.2) is 0 Å². The molecule has 0 radical (unpaired) electrons. The number of rotatable bonds is 3. The van der Waals surface area contributed by atoms with Gasteiger partial charge in [-0.2, -0.15) is 0 Å². The number of aliphatic hydroxyl groups excluding tert-OH is 1. The zero-order chi connectivity index (χ0) is 21.3. The van der Waals surface area contributed by atoms with Crippen molar-refractivity contribution in [3.05, 3.63) is 0 Å². The van der Waals surface area contributed by atoms with Gasteiger partial charge in [0.05, 0.1) is 18.1 Å². The Balaban J connectivity index is 1.69. The third-order valence-electron chi connectivity index (χ3n) is 8.65. The van der Waals surface area contributed by atoms with E-state index in [1.807, 2.05) is 20.8 Å². The molecule has 11 atom stereocenters. The highest BCUT2D eigenvalue weighted by molar-refractivity contribution is 5.84. The van der Waals surface area contributed by atoms with Crippen molar-refractivity contribution < 1.29 is 43.9 Å². The Kier molecular flexibility index (Phi) is 3.61. The van der Waals surface area contributed by atoms with Gasteiger partial charge in [-0.1, -0.05) is 20.8 Å². The summed E-state index contributed by atoms with van der Waals surface area (Å²) in [5, 5.41) is 32.6. The standard InChI is InChI=1S/C20H28O9/c1-7(2)20(25)10-9-11-12(27-11)19(6-18(24,8(3)21)16(23)29-19)17(9,4)13(26-5)14(20)28-15(10)22/h7-14,21,24-25H,6H2,1-5H3. The van der Waals surface area contributed by atoms with Crippen LogP contribution in [-0.2, 0) is 28.5 Å². The third-order valence-corrected chi connectivity index (χ3v) is 8.65. The van der Waals surface area contributed by atoms with Crippen LogP contribution >= 0.6 is 0 Å². The van der Waals surface area contributed by atoms with E-state index >= 15 is 0 Å². The van der Waals surface area contributed by atoms with Crippen LogP contribution in [0.3, 0.4) is 0 Å². The Hall–Kier alpha value is -1.26. The first kappa shape index (κ1) is 19.7. The molecule has 3 saturated heterocycles. The number of hydrogen-bond acceptors (Lipinski definition) is 9. The number of fused-ring (bicyclic) bond motifs is 8. The molecular formula is C20H28O9. The van der Waals surface area contributed by atoms with Crippen LogP contribution in [0.1, 0.15) is 34.1 Å². The molecule has 0 aromatic carbocycles. The molecular weight excluding hydrogens is 384 g/mol. The number of aliphatic hydroxyl groups is 3. The summed E-state index contributed by atoms with van der Waals surface area (Å²) in [7, 11) is 1.47. The van der Waals surface area contributed by atoms with Crippen LogP contribution in [0.2, 0.25) is 0 Å². The highest BCUT2D eigenvalue weighted by Gasteiger charge is 2.90. The fourth-order valence-corrected chi connectivity index (χ4v) is 6.98. The third kappa shape index (κ3) is 1.82. The summed E-state index contributed by atoms with van der Waals surface area (Å²) in [6.07, 6.45) is -4.25. The van der Waals surface area contributed by atoms with Crippen molar-refractivity contribution in [3.63, 3.8) is 0 Å². The van der Waals surface area contributed by atoms with Crippen LogP contribution in [0, 0.1) is 23.2 Å². The first-order valence-corrected chi connectivity index (χ1v) is 10.2. The minimum Gasteiger partial charge on any atom is -0.456 e. The van der Waals surface area contributed by atoms with Crippen LogP contribution < -0.4 is 0 Å². The maximum absolute atomic E-state index is 12.9. The van der Waals surface area contributed by atoms with Gasteiger partial charge in [-0.05, 0) is 12.8 Å². The topological polar surface area (TPSA) is 135 Å². The smallest absolute Gasteiger partial charge is 0.341 e. The lowest BCUT2D eigenvalue weighted by Gasteiger charge is -2.57. The molecule has 5 rings (SSSR count). The number of esters is 2. The zero-order valence-electron chi connectivity index (χ0n) is 17.1. The molecule has 29 heavy (non-hydrogen) atoms. The number of ether oxygens (including phenoxy) is 4. The van der Waals surface area contributed by atoms with Gasteiger partial charge in [0, 0.05) is 24.9 Å². The summed E-state index contributed by atoms with van der Waals surface area (Å²) in [5.41, 5.74) is -5.79. The van der Waals surface area contributed by atoms with E-state index in [1.54, 1.807) is 0 Å². The van der Waals surface area contributed by atoms with Gasteiger partial charge in [0.2, 0.25) is 0 Å². The van der Waals surface area contributed by atoms with Gasteiger partial charge in [0.15, 0.2) is 17.3 Å². The summed E-state index contributed by atoms with van der Waals surface area (Å²) in [4.78, 5) is 25.6. The van der Waals surface area contributed by atoms with E-state index in [2.05, 4.69) is 0 Å². The van der Waals surface area contributed by atoms with E-state index < -0.39 is 76.5 Å². The Labute approximate surface area is 168 Å². The van der Waals surface area contributed by atoms with Crippen molar-refractivity contribution >= 4 is 11.9 Å². The molecule has 2 saturated carbocycles. The average Bonchev–Trinajstić information content (AvgIpc) is 3.28. The lowest BCUT2D eigenvalue weighted by Crippen LogP contribution is -2.71. The van der Waals surface area contributed by atoms with Crippen molar-refractivity contribution in [2.45, 2.75) is 81.4 Å². The lowest BCUT2D eigenvalue weighted by atomic mass is 9.50. The molecule has 9 heteroatoms. The van der Waals surface area contributed by atoms with Crippen LogP contribution in [0.5, 0.6) is 0 Å². The number of epoxide rings is 1. The normalized spacial score (nSPS) is 58.2. The maximum Gasteiger partial charge on any atom is 0.341 e. The molecule has 5 aliphatic rings. The Morgan fingerprint density at radius 2 is 1.83 bits per heavy atom. The summed E-state index contributed by atoms with van der Waals surface area (Å²) in [6, 6.07) is 0. The molecule has 0 amide bonds. The molecule has 5 fully saturated rings. The summed E-state index contributed by atoms with van der Waals surface area (Å²) >= 11 is 0. The van der Waals surface area contributed by atoms with E-state index in [0.717, 1.165) is 0 Å². The van der Waals surface area contributed by atoms with Gasteiger partial charge in [-0.25, -0.2) is 4.79 Å². The van der Waals surface area contributed by atoms with Gasteiger partial charge in [-0.15, -0.1) is 0 Å². The predicted molar refractivity (Wildman–Crippen MR) is 94.3 cm³/mol. The Bertz CT molecular complexity index is 797. The van der Waals surface area contributed by atoms with E-state index in [9.17, 15) is 24.9 Å². The highest BCUT2D eigenvalue weighted by atomic mass is 16.7. The van der Waals surface area contributed by atoms with Crippen molar-refractivity contribution in [2.24, 2.45) is 23.2 Å². The molecule has 0 aromatic rings. The zero-order valence-corrected chi connectivity index (χ0v) is 17.1. The van der Waals surface area contributed by atoms with Gasteiger partial charge in [-0.3, -0.25) is 4.79 Å². The average molecular weight is 412 g/mol. The minimum atomic E-state index is -2.08. The molecule has 0 aromatic heterocycles. The van der Waals surface area contributed by atoms with Crippen LogP contribution in [-0.4, -0.2) is 81.7 Å². The lowest BCUT2D eigenvalue weighted by molar-refractivity contribution is -0.264. The van der Waals surface area contributed by atoms with E-state index in [1.165, 1.54) is 14.0 Å². The molecule has 1 spiro atoms. The van der Waals surface area contributed by atoms with E-state index in [-0.39, 0.29) is 12.3 Å². The van der Waals surface area contributed by atoms with E-state index in [0.29, 0.717) is 0 Å². The second-order valence-corrected chi connectivity index (χ2v) is 9.92. The summed E-state index contributed by atoms with van der Waals surface area (Å²) in [6.45, 7) is 6.84. The second-order valence-electron chi connectivity index (χ2n) is 9.92. The molecule has 2 aliphatic carbocycles. The summed E-state index contributed by atoms with van der Waals surface area (Å²) in [5.74, 6) is -3.11. The largest absolute Gasteiger partial charge is 0.456 e. The number of methoxy groups -OCH3 is 1. The van der Waals surface area contributed by atoms with Gasteiger partial charge >= 0.3 is 11.9 Å². The molecule has 3 N–H and O–H groups in total. The number of hydrogen-bond donors (Lipinski definition) is 3. The number of carbonyl (C=O) groups is 2. The SMILES string of the molecule is COC1C2OC(=O)C(C3C4OC4C4(CC(O)(C(C)O)C(=O)O4)C13C)C2(O)C(C)C. The Morgan fingerprint density at radius 3 is 2.34 bits per heavy atom. The molecule has 3 aliphatic heterocycles. The molecule has 162 valence electrons. The second kappa shape index (κ2) is 5.31. The van der Waals surface area contributed by atoms with Gasteiger partial charge < -0.3 is 34.3 Å².